The Labute approximate surface area is 198 Å². The maximum atomic E-state index is 14.6. The maximum Gasteiger partial charge on any atom is 0.272 e. The van der Waals surface area contributed by atoms with Crippen molar-refractivity contribution in [3.05, 3.63) is 73.6 Å². The van der Waals surface area contributed by atoms with Crippen LogP contribution in [-0.2, 0) is 11.2 Å². The number of nitrogens with zero attached hydrogens (tertiary/aromatic N) is 3. The maximum absolute atomic E-state index is 14.6. The zero-order chi connectivity index (χ0) is 23.9. The van der Waals surface area contributed by atoms with Crippen molar-refractivity contribution in [2.75, 3.05) is 26.2 Å². The number of carbonyl (C=O) groups is 2. The van der Waals surface area contributed by atoms with E-state index in [4.69, 9.17) is 23.2 Å². The van der Waals surface area contributed by atoms with Crippen LogP contribution < -0.4 is 5.56 Å². The second-order valence-corrected chi connectivity index (χ2v) is 8.66. The summed E-state index contributed by atoms with van der Waals surface area (Å²) in [6.07, 6.45) is 0.653. The predicted molar refractivity (Wildman–Crippen MR) is 121 cm³/mol. The van der Waals surface area contributed by atoms with E-state index in [2.05, 4.69) is 4.98 Å². The molecule has 174 valence electrons. The van der Waals surface area contributed by atoms with Crippen molar-refractivity contribution < 1.29 is 19.1 Å². The van der Waals surface area contributed by atoms with Gasteiger partial charge in [0.2, 0.25) is 0 Å². The number of aromatic amines is 1. The van der Waals surface area contributed by atoms with Gasteiger partial charge in [0.25, 0.3) is 17.4 Å². The fourth-order valence-electron chi connectivity index (χ4n) is 3.94. The quantitative estimate of drug-likeness (QED) is 0.581. The number of H-pyrrole nitrogens is 1. The third-order valence-corrected chi connectivity index (χ3v) is 6.43. The number of aliphatic hydroxyl groups is 1. The Morgan fingerprint density at radius 3 is 2.48 bits per heavy atom. The van der Waals surface area contributed by atoms with E-state index in [9.17, 15) is 23.9 Å². The van der Waals surface area contributed by atoms with E-state index in [-0.39, 0.29) is 59.4 Å². The second-order valence-electron chi connectivity index (χ2n) is 7.90. The largest absolute Gasteiger partial charge is 0.384 e. The molecule has 8 nitrogen and oxygen atoms in total. The van der Waals surface area contributed by atoms with Gasteiger partial charge in [-0.05, 0) is 30.7 Å². The van der Waals surface area contributed by atoms with Crippen molar-refractivity contribution in [3.8, 4) is 0 Å². The van der Waals surface area contributed by atoms with Gasteiger partial charge in [0.15, 0.2) is 0 Å². The summed E-state index contributed by atoms with van der Waals surface area (Å²) in [5.41, 5.74) is 1.09. The second kappa shape index (κ2) is 9.17. The van der Waals surface area contributed by atoms with Crippen molar-refractivity contribution in [1.29, 1.82) is 0 Å². The normalized spacial score (nSPS) is 15.2. The lowest BCUT2D eigenvalue weighted by Gasteiger charge is -2.35. The van der Waals surface area contributed by atoms with Gasteiger partial charge in [-0.25, -0.2) is 4.39 Å². The molecule has 4 rings (SSSR count). The Morgan fingerprint density at radius 1 is 1.15 bits per heavy atom. The number of nitrogens with one attached hydrogen (secondary N) is 1. The number of hydrogen-bond acceptors (Lipinski definition) is 4. The fourth-order valence-corrected chi connectivity index (χ4v) is 4.38. The molecule has 1 aliphatic heterocycles. The van der Waals surface area contributed by atoms with Crippen LogP contribution in [0.1, 0.15) is 28.5 Å². The predicted octanol–water partition coefficient (Wildman–Crippen LogP) is 2.33. The third kappa shape index (κ3) is 4.48. The molecule has 0 aliphatic carbocycles. The fraction of sp³-hybridized carbons (Fsp3) is 0.318. The molecule has 1 aromatic carbocycles. The smallest absolute Gasteiger partial charge is 0.272 e. The molecule has 2 N–H and O–H groups in total. The zero-order valence-electron chi connectivity index (χ0n) is 17.6. The van der Waals surface area contributed by atoms with Gasteiger partial charge in [0.05, 0.1) is 10.6 Å². The average Bonchev–Trinajstić information content (AvgIpc) is 3.11. The van der Waals surface area contributed by atoms with Crippen LogP contribution in [0.4, 0.5) is 4.39 Å². The van der Waals surface area contributed by atoms with Gasteiger partial charge in [-0.2, -0.15) is 0 Å². The van der Waals surface area contributed by atoms with E-state index < -0.39 is 23.7 Å². The number of aromatic nitrogens is 2. The highest BCUT2D eigenvalue weighted by Gasteiger charge is 2.28. The number of aliphatic hydroxyl groups excluding tert-OH is 1. The Kier molecular flexibility index (Phi) is 6.47. The van der Waals surface area contributed by atoms with Crippen molar-refractivity contribution >= 4 is 40.5 Å². The van der Waals surface area contributed by atoms with Crippen LogP contribution in [0.3, 0.4) is 0 Å². The van der Waals surface area contributed by atoms with Gasteiger partial charge >= 0.3 is 0 Å². The van der Waals surface area contributed by atoms with Crippen molar-refractivity contribution in [3.63, 3.8) is 0 Å². The monoisotopic (exact) mass is 494 g/mol. The number of rotatable bonds is 4. The van der Waals surface area contributed by atoms with Gasteiger partial charge in [-0.3, -0.25) is 18.8 Å². The molecule has 3 heterocycles. The van der Waals surface area contributed by atoms with E-state index in [1.807, 2.05) is 0 Å². The molecule has 3 aromatic rings. The first kappa shape index (κ1) is 23.3. The minimum Gasteiger partial charge on any atom is -0.384 e. The van der Waals surface area contributed by atoms with E-state index >= 15 is 0 Å². The Bertz CT molecular complexity index is 1300. The van der Waals surface area contributed by atoms with Crippen LogP contribution in [0, 0.1) is 5.82 Å². The van der Waals surface area contributed by atoms with E-state index in [1.54, 1.807) is 6.07 Å². The van der Waals surface area contributed by atoms with Gasteiger partial charge in [0, 0.05) is 44.5 Å². The molecule has 0 unspecified atom stereocenters. The number of carbonyl (C=O) groups excluding carboxylic acids is 2. The number of fused-ring (bicyclic) bond motifs is 1. The van der Waals surface area contributed by atoms with Crippen LogP contribution in [-0.4, -0.2) is 68.4 Å². The number of halogens is 3. The molecule has 2 aromatic heterocycles. The van der Waals surface area contributed by atoms with Crippen molar-refractivity contribution in [2.24, 2.45) is 0 Å². The molecule has 0 spiro atoms. The number of piperazine rings is 1. The summed E-state index contributed by atoms with van der Waals surface area (Å²) < 4.78 is 16.1. The zero-order valence-corrected chi connectivity index (χ0v) is 19.2. The minimum atomic E-state index is -1.11. The lowest BCUT2D eigenvalue weighted by molar-refractivity contribution is -0.140. The standard InChI is InChI=1S/C22H21Cl2FN4O4/c1-12(30)21(32)27-4-6-28(7-5-27)22(33)15-9-13(2-3-17(15)25)8-14-11-26-20(31)18-10-16(23)19(24)29(14)18/h2-3,9-12,30H,4-8H2,1H3,(H,26,31)/t12-/m0/s1. The summed E-state index contributed by atoms with van der Waals surface area (Å²) in [5.74, 6) is -1.53. The first-order valence-corrected chi connectivity index (χ1v) is 11.0. The van der Waals surface area contributed by atoms with E-state index in [1.165, 1.54) is 45.5 Å². The summed E-state index contributed by atoms with van der Waals surface area (Å²) in [5, 5.41) is 9.88. The summed E-state index contributed by atoms with van der Waals surface area (Å²) in [4.78, 5) is 42.6. The SMILES string of the molecule is C[C@H](O)C(=O)N1CCN(C(=O)c2cc(Cc3c[nH]c(=O)c4cc(Cl)c(Cl)n34)ccc2F)CC1. The van der Waals surface area contributed by atoms with E-state index in [0.29, 0.717) is 11.3 Å². The number of hydrogen-bond donors (Lipinski definition) is 2. The molecular formula is C22H21Cl2FN4O4. The summed E-state index contributed by atoms with van der Waals surface area (Å²) >= 11 is 12.3. The van der Waals surface area contributed by atoms with Crippen LogP contribution in [0.25, 0.3) is 5.52 Å². The van der Waals surface area contributed by atoms with Crippen molar-refractivity contribution in [2.45, 2.75) is 19.4 Å². The minimum absolute atomic E-state index is 0.0832. The Morgan fingerprint density at radius 2 is 1.82 bits per heavy atom. The molecule has 2 amide bonds. The van der Waals surface area contributed by atoms with Crippen molar-refractivity contribution in [1.82, 2.24) is 19.2 Å². The average molecular weight is 495 g/mol. The van der Waals surface area contributed by atoms with Crippen LogP contribution >= 0.6 is 23.2 Å². The third-order valence-electron chi connectivity index (χ3n) is 5.67. The highest BCUT2D eigenvalue weighted by Crippen LogP contribution is 2.27. The first-order chi connectivity index (χ1) is 15.7. The molecule has 33 heavy (non-hydrogen) atoms. The highest BCUT2D eigenvalue weighted by molar-refractivity contribution is 6.42. The molecule has 11 heteroatoms. The van der Waals surface area contributed by atoms with Gasteiger partial charge < -0.3 is 19.9 Å². The summed E-state index contributed by atoms with van der Waals surface area (Å²) in [6, 6.07) is 5.72. The topological polar surface area (TPSA) is 98.1 Å². The highest BCUT2D eigenvalue weighted by atomic mass is 35.5. The van der Waals surface area contributed by atoms with E-state index in [0.717, 1.165) is 0 Å². The molecule has 0 bridgehead atoms. The summed E-state index contributed by atoms with van der Waals surface area (Å²) in [6.45, 7) is 2.39. The lowest BCUT2D eigenvalue weighted by Crippen LogP contribution is -2.52. The van der Waals surface area contributed by atoms with Gasteiger partial charge in [-0.1, -0.05) is 29.3 Å². The Hall–Kier alpha value is -2.88. The number of amides is 2. The van der Waals surface area contributed by atoms with Crippen LogP contribution in [0.2, 0.25) is 10.2 Å². The molecular weight excluding hydrogens is 474 g/mol. The molecule has 1 aliphatic rings. The lowest BCUT2D eigenvalue weighted by atomic mass is 10.0. The molecule has 1 atom stereocenters. The van der Waals surface area contributed by atoms with Gasteiger partial charge in [-0.15, -0.1) is 0 Å². The molecule has 0 radical (unpaired) electrons. The molecule has 0 saturated carbocycles. The first-order valence-electron chi connectivity index (χ1n) is 10.3. The van der Waals surface area contributed by atoms with Gasteiger partial charge in [0.1, 0.15) is 22.6 Å². The number of benzene rings is 1. The Balaban J connectivity index is 1.57. The summed E-state index contributed by atoms with van der Waals surface area (Å²) in [7, 11) is 0. The molecule has 1 saturated heterocycles. The van der Waals surface area contributed by atoms with Crippen LogP contribution in [0.5, 0.6) is 0 Å². The molecule has 1 fully saturated rings. The van der Waals surface area contributed by atoms with Crippen LogP contribution in [0.15, 0.2) is 35.3 Å².